The number of hydrogen-bond acceptors (Lipinski definition) is 21. The number of aromatic nitrogens is 6. The second-order valence-corrected chi connectivity index (χ2v) is 28.7. The lowest BCUT2D eigenvalue weighted by molar-refractivity contribution is 0.340. The van der Waals surface area contributed by atoms with Crippen molar-refractivity contribution in [2.45, 2.75) is 67.6 Å². The number of methoxy groups -OCH3 is 1. The van der Waals surface area contributed by atoms with Crippen molar-refractivity contribution in [2.24, 2.45) is 5.41 Å². The first-order valence-electron chi connectivity index (χ1n) is 29.2. The Labute approximate surface area is 520 Å². The van der Waals surface area contributed by atoms with Crippen molar-refractivity contribution in [1.29, 1.82) is 14.3 Å². The lowest BCUT2D eigenvalue weighted by Crippen LogP contribution is -2.26. The number of rotatable bonds is 7. The normalized spacial score (nSPS) is 19.4. The van der Waals surface area contributed by atoms with E-state index in [1.54, 1.807) is 74.2 Å². The molecule has 0 aliphatic carbocycles. The van der Waals surface area contributed by atoms with Gasteiger partial charge in [-0.05, 0) is 147 Å². The summed E-state index contributed by atoms with van der Waals surface area (Å²) in [5, 5.41) is 19.6. The van der Waals surface area contributed by atoms with E-state index in [-0.39, 0.29) is 5.41 Å². The Kier molecular flexibility index (Phi) is 19.8. The van der Waals surface area contributed by atoms with Gasteiger partial charge in [0.1, 0.15) is 28.9 Å². The summed E-state index contributed by atoms with van der Waals surface area (Å²) in [6, 6.07) is 46.6. The van der Waals surface area contributed by atoms with Gasteiger partial charge in [-0.15, -0.1) is 0 Å². The zero-order chi connectivity index (χ0) is 62.4. The second kappa shape index (κ2) is 28.2. The number of hydrogen-bond donors (Lipinski definition) is 9. The molecule has 9 aromatic rings. The molecule has 12 rings (SSSR count). The van der Waals surface area contributed by atoms with Crippen molar-refractivity contribution >= 4 is 81.5 Å². The Balaban J connectivity index is 0.000000147. The third kappa shape index (κ3) is 16.8. The first-order valence-corrected chi connectivity index (χ1v) is 34.4. The lowest BCUT2D eigenvalue weighted by Gasteiger charge is -2.26. The molecule has 6 heterocycles. The Bertz CT molecular complexity index is 4260. The zero-order valence-corrected chi connectivity index (χ0v) is 52.5. The summed E-state index contributed by atoms with van der Waals surface area (Å²) < 4.78 is 80.3. The van der Waals surface area contributed by atoms with Crippen LogP contribution in [0, 0.1) is 19.8 Å². The third-order valence-corrected chi connectivity index (χ3v) is 20.2. The number of para-hydroxylation sites is 1. The maximum atomic E-state index is 13.1. The van der Waals surface area contributed by atoms with Gasteiger partial charge in [0.05, 0.1) is 49.1 Å². The summed E-state index contributed by atoms with van der Waals surface area (Å²) in [5.41, 5.74) is 5.70. The molecule has 0 radical (unpaired) electrons. The van der Waals surface area contributed by atoms with E-state index in [4.69, 9.17) is 33.5 Å². The highest BCUT2D eigenvalue weighted by atomic mass is 32.2. The molecule has 3 unspecified atom stereocenters. The van der Waals surface area contributed by atoms with Gasteiger partial charge in [-0.2, -0.15) is 15.0 Å². The Morgan fingerprint density at radius 1 is 0.494 bits per heavy atom. The molecule has 0 amide bonds. The largest absolute Gasteiger partial charge is 0.497 e. The van der Waals surface area contributed by atoms with Crippen LogP contribution >= 0.6 is 0 Å². The van der Waals surface area contributed by atoms with Gasteiger partial charge in [0.15, 0.2) is 11.6 Å². The van der Waals surface area contributed by atoms with Gasteiger partial charge in [-0.25, -0.2) is 41.9 Å². The van der Waals surface area contributed by atoms with Crippen molar-refractivity contribution in [2.75, 3.05) is 82.5 Å². The Morgan fingerprint density at radius 3 is 1.44 bits per heavy atom. The number of nitrogens with zero attached hydrogens (tertiary/aromatic N) is 6. The SMILES string of the molecule is CCOc1ccc(-c2cnc3nc2NCC(C)(C)CCS(=N)(=O)c2cccc(c2)N3)cc1.COc1ccc(-c2cnc3nc2NCCCCS(=N)(=O)c2cccc(c2)N3)cc1.N=S1(=O)CCCCNc2nc(ncc2Oc2ccccc2)Nc2cccc1c2. The van der Waals surface area contributed by atoms with E-state index in [1.807, 2.05) is 110 Å². The van der Waals surface area contributed by atoms with Crippen LogP contribution in [-0.4, -0.2) is 93.1 Å². The molecular weight excluding hydrogens is 1180 g/mol. The number of benzene rings is 6. The van der Waals surface area contributed by atoms with Crippen LogP contribution in [0.3, 0.4) is 0 Å². The van der Waals surface area contributed by atoms with Crippen LogP contribution < -0.4 is 46.1 Å². The Hall–Kier alpha value is -9.39. The van der Waals surface area contributed by atoms with E-state index in [1.165, 1.54) is 0 Å². The second-order valence-electron chi connectivity index (χ2n) is 22.1. The zero-order valence-electron chi connectivity index (χ0n) is 50.0. The molecule has 3 aromatic heterocycles. The molecule has 9 N–H and O–H groups in total. The predicted molar refractivity (Wildman–Crippen MR) is 355 cm³/mol. The molecule has 89 heavy (non-hydrogen) atoms. The lowest BCUT2D eigenvalue weighted by atomic mass is 9.90. The molecule has 0 saturated carbocycles. The highest BCUT2D eigenvalue weighted by Crippen LogP contribution is 2.35. The highest BCUT2D eigenvalue weighted by Gasteiger charge is 2.24. The van der Waals surface area contributed by atoms with Crippen LogP contribution in [0.4, 0.5) is 52.4 Å². The average Bonchev–Trinajstić information content (AvgIpc) is 2.16. The van der Waals surface area contributed by atoms with Crippen LogP contribution in [0.1, 0.15) is 52.9 Å². The number of nitrogens with one attached hydrogen (secondary N) is 9. The highest BCUT2D eigenvalue weighted by molar-refractivity contribution is 7.93. The number of fused-ring (bicyclic) bond motifs is 12. The first-order chi connectivity index (χ1) is 42.9. The molecule has 3 aliphatic rings. The van der Waals surface area contributed by atoms with Gasteiger partial charge in [0.2, 0.25) is 17.8 Å². The van der Waals surface area contributed by atoms with E-state index < -0.39 is 29.2 Å². The van der Waals surface area contributed by atoms with E-state index >= 15 is 0 Å². The van der Waals surface area contributed by atoms with E-state index in [0.29, 0.717) is 130 Å². The fourth-order valence-electron chi connectivity index (χ4n) is 9.68. The van der Waals surface area contributed by atoms with Gasteiger partial charge in [-0.1, -0.05) is 74.5 Å². The van der Waals surface area contributed by atoms with Crippen LogP contribution in [0.15, 0.2) is 185 Å². The van der Waals surface area contributed by atoms with Crippen molar-refractivity contribution in [1.82, 2.24) is 29.9 Å². The summed E-state index contributed by atoms with van der Waals surface area (Å²) in [6.07, 6.45) is 8.81. The maximum absolute atomic E-state index is 13.1. The molecule has 24 heteroatoms. The van der Waals surface area contributed by atoms with E-state index in [9.17, 15) is 12.6 Å². The molecular formula is C65H73N15O6S3. The summed E-state index contributed by atoms with van der Waals surface area (Å²) in [7, 11) is -6.88. The van der Waals surface area contributed by atoms with Crippen LogP contribution in [0.2, 0.25) is 0 Å². The molecule has 3 aliphatic heterocycles. The van der Waals surface area contributed by atoms with Gasteiger partial charge in [0.25, 0.3) is 0 Å². The monoisotopic (exact) mass is 1260 g/mol. The molecule has 0 spiro atoms. The molecule has 3 atom stereocenters. The summed E-state index contributed by atoms with van der Waals surface area (Å²) in [6.45, 7) is 8.74. The molecule has 0 saturated heterocycles. The standard InChI is InChI=1S/C24H29N5O2S.C21H23N5O2S.C20H21N5O2S/c1-4-31-19-10-8-17(9-11-19)21-15-26-23-28-18-6-5-7-20(14-18)32(25,30)13-12-24(2,3)16-27-22(21)29-23;1-28-17-9-7-15(8-10-17)19-14-24-21-25-16-5-4-6-18(13-16)29(22,27)12-3-2-11-23-20(19)26-21;21-28(26)12-5-4-11-22-19-18(27-16-8-2-1-3-9-16)14-23-20(25-19)24-15-7-6-10-17(28)13-15/h5-11,14-15,25H,4,12-13,16H2,1-3H3,(H2,26,27,28,29);4-10,13-14,22H,2-3,11-12H2,1H3,(H2,23,24,25,26);1-3,6-10,13-14,21H,4-5,11-12H2,(H2,22,23,24,25). The summed E-state index contributed by atoms with van der Waals surface area (Å²) in [5.74, 6) is 7.14. The van der Waals surface area contributed by atoms with Gasteiger partial charge in [-0.3, -0.25) is 0 Å². The minimum absolute atomic E-state index is 0.177. The number of anilines is 9. The van der Waals surface area contributed by atoms with Gasteiger partial charge in [0, 0.05) is 92.2 Å². The van der Waals surface area contributed by atoms with Gasteiger partial charge >= 0.3 is 0 Å². The Morgan fingerprint density at radius 2 is 0.944 bits per heavy atom. The molecule has 462 valence electrons. The minimum atomic E-state index is -2.89. The van der Waals surface area contributed by atoms with E-state index in [2.05, 4.69) is 70.7 Å². The smallest absolute Gasteiger partial charge is 0.229 e. The molecule has 6 aromatic carbocycles. The molecule has 0 fully saturated rings. The minimum Gasteiger partial charge on any atom is -0.497 e. The van der Waals surface area contributed by atoms with Crippen LogP contribution in [0.25, 0.3) is 22.3 Å². The average molecular weight is 1260 g/mol. The fraction of sp³-hybridized carbons (Fsp3) is 0.262. The van der Waals surface area contributed by atoms with Crippen molar-refractivity contribution < 1.29 is 26.8 Å². The fourth-order valence-corrected chi connectivity index (χ4v) is 14.3. The molecule has 21 nitrogen and oxygen atoms in total. The van der Waals surface area contributed by atoms with Crippen LogP contribution in [0.5, 0.6) is 23.0 Å². The topological polar surface area (TPSA) is 300 Å². The van der Waals surface area contributed by atoms with Crippen molar-refractivity contribution in [3.8, 4) is 45.3 Å². The van der Waals surface area contributed by atoms with E-state index in [0.717, 1.165) is 58.2 Å². The predicted octanol–water partition coefficient (Wildman–Crippen LogP) is 14.7. The third-order valence-electron chi connectivity index (χ3n) is 14.7. The summed E-state index contributed by atoms with van der Waals surface area (Å²) in [4.78, 5) is 28.8. The van der Waals surface area contributed by atoms with Crippen molar-refractivity contribution in [3.63, 3.8) is 0 Å². The quantitative estimate of drug-likeness (QED) is 0.0716. The van der Waals surface area contributed by atoms with Crippen molar-refractivity contribution in [3.05, 3.63) is 170 Å². The summed E-state index contributed by atoms with van der Waals surface area (Å²) >= 11 is 0. The number of ether oxygens (including phenoxy) is 3. The van der Waals surface area contributed by atoms with Gasteiger partial charge < -0.3 is 46.1 Å². The van der Waals surface area contributed by atoms with Crippen LogP contribution in [-0.2, 0) is 29.2 Å². The first kappa shape index (κ1) is 62.7. The maximum Gasteiger partial charge on any atom is 0.229 e. The molecule has 12 bridgehead atoms.